The number of rotatable bonds is 51. The molecule has 5 unspecified atom stereocenters. The van der Waals surface area contributed by atoms with Gasteiger partial charge in [-0.3, -0.25) is 52.6 Å². The number of aryl methyl sites for hydroxylation is 1. The lowest BCUT2D eigenvalue weighted by atomic mass is 10.0. The predicted molar refractivity (Wildman–Crippen MR) is 558 cm³/mol. The number of alkyl halides is 3. The minimum absolute atomic E-state index is 0.0389. The lowest BCUT2D eigenvalue weighted by Crippen LogP contribution is -2.32. The lowest BCUT2D eigenvalue weighted by molar-refractivity contribution is -0.142. The Bertz CT molecular complexity index is 4920. The number of likely N-dealkylation sites (tertiary alicyclic amines) is 5. The maximum atomic E-state index is 13.5. The van der Waals surface area contributed by atoms with E-state index >= 15 is 0 Å². The molecule has 6 heterocycles. The molecule has 0 spiro atoms. The molecule has 768 valence electrons. The normalized spacial score (nSPS) is 18.9. The van der Waals surface area contributed by atoms with Gasteiger partial charge in [-0.2, -0.15) is 13.2 Å². The molecule has 12 rings (SSSR count). The summed E-state index contributed by atoms with van der Waals surface area (Å²) in [5.41, 5.74) is 9.07. The third kappa shape index (κ3) is 41.2. The Hall–Kier alpha value is -4.89. The van der Waals surface area contributed by atoms with Crippen LogP contribution in [0.25, 0.3) is 11.1 Å². The maximum absolute atomic E-state index is 13.5. The van der Waals surface area contributed by atoms with E-state index in [0.29, 0.717) is 111 Å². The fourth-order valence-electron chi connectivity index (χ4n) is 18.0. The molecule has 0 aliphatic carbocycles. The number of hydrogen-bond acceptors (Lipinski definition) is 16. The summed E-state index contributed by atoms with van der Waals surface area (Å²) in [6, 6.07) is 42.0. The highest BCUT2D eigenvalue weighted by Crippen LogP contribution is 2.55. The highest BCUT2D eigenvalue weighted by atomic mass is 79.9. The van der Waals surface area contributed by atoms with E-state index in [9.17, 15) is 80.8 Å². The van der Waals surface area contributed by atoms with E-state index in [1.807, 2.05) is 58.3 Å². The molecular formula is C104H149Br4F3N5O18P3S. The van der Waals surface area contributed by atoms with Crippen LogP contribution in [-0.2, 0) is 81.6 Å². The van der Waals surface area contributed by atoms with E-state index in [0.717, 1.165) is 105 Å². The van der Waals surface area contributed by atoms with E-state index in [2.05, 4.69) is 143 Å². The van der Waals surface area contributed by atoms with Gasteiger partial charge in [-0.25, -0.2) is 0 Å². The standard InChI is InChI=1S/C24H22F3NO3S.C21H33NO2.C20H32Br2NO3P.C20H32NO5P.C19H30Br2NO5P/c25-24(26,27)22-21(17-4-2-1-3-5-17)12-20(32-22)15-31-19-8-6-16(7-9-19)13-28-11-10-18(14-28)23(29)30;1-2-3-4-5-6-7-8-9-18-10-12-19(13-11-18)16-22-15-14-20(17-22)21(23)24;1-2-3-4-5-6-7-8-9-18-19(21)12-16(13-20(18)22)14-23-11-10-17(15-23)27(24,25)26;1-2-3-4-5-6-7-8-19(22)18-11-9-17(10-12-18)15-21-14-13-20(23,16-21)27(24,25)26;1-2-3-4-5-6-7-10-27-18-16(20)11-15(12-17(18)21)13-22-9-8-19(23,14-22)28(24,25)26/h1-9,12,18H,10-11,13-15H2,(H,29,30);10-13,20H,2-9,14-17H2,1H3,(H,23,24);12-13,17H,2-11,14-15H2,1H3,(H2,24,25,26);9-12,23H,2-8,13-16H2,1H3,(H2,24,25,26);11-12,23H,2-10,13-14H2,1H3,(H2,24,25,26). The number of Topliss-reactive ketones (excluding diaryl/α,β-unsaturated/α-hetero) is 1. The minimum atomic E-state index is -4.54. The number of carboxylic acids is 2. The van der Waals surface area contributed by atoms with Gasteiger partial charge in [0, 0.05) is 123 Å². The number of nitrogens with zero attached hydrogens (tertiary/aromatic N) is 5. The van der Waals surface area contributed by atoms with Gasteiger partial charge in [-0.15, -0.1) is 11.3 Å². The highest BCUT2D eigenvalue weighted by molar-refractivity contribution is 9.11. The van der Waals surface area contributed by atoms with Crippen LogP contribution in [0.5, 0.6) is 11.5 Å². The molecule has 5 aliphatic heterocycles. The Labute approximate surface area is 854 Å². The molecular weight excluding hydrogens is 2110 g/mol. The van der Waals surface area contributed by atoms with Gasteiger partial charge < -0.3 is 59.3 Å². The first kappa shape index (κ1) is 118. The summed E-state index contributed by atoms with van der Waals surface area (Å²) in [5, 5.41) is 34.6. The largest absolute Gasteiger partial charge is 0.491 e. The summed E-state index contributed by atoms with van der Waals surface area (Å²) < 4.78 is 90.5. The second kappa shape index (κ2) is 60.3. The van der Waals surface area contributed by atoms with Crippen LogP contribution in [0.3, 0.4) is 0 Å². The number of benzene rings is 6. The van der Waals surface area contributed by atoms with E-state index in [4.69, 9.17) is 19.7 Å². The molecule has 5 atom stereocenters. The molecule has 0 bridgehead atoms. The van der Waals surface area contributed by atoms with Crippen molar-refractivity contribution in [2.75, 3.05) is 72.1 Å². The molecule has 6 aromatic carbocycles. The first-order valence-electron chi connectivity index (χ1n) is 49.6. The van der Waals surface area contributed by atoms with Crippen LogP contribution in [0, 0.1) is 11.8 Å². The summed E-state index contributed by atoms with van der Waals surface area (Å²) in [4.78, 5) is 100. The molecule has 7 aromatic rings. The van der Waals surface area contributed by atoms with Crippen LogP contribution in [0.4, 0.5) is 13.2 Å². The van der Waals surface area contributed by atoms with Crippen molar-refractivity contribution >= 4 is 116 Å². The first-order chi connectivity index (χ1) is 65.7. The van der Waals surface area contributed by atoms with Gasteiger partial charge in [-0.1, -0.05) is 292 Å². The number of carbonyl (C=O) groups excluding carboxylic acids is 1. The number of ether oxygens (including phenoxy) is 2. The number of aliphatic hydroxyl groups is 2. The zero-order valence-corrected chi connectivity index (χ0v) is 90.7. The first-order valence-corrected chi connectivity index (χ1v) is 58.5. The van der Waals surface area contributed by atoms with Crippen molar-refractivity contribution in [2.45, 2.75) is 308 Å². The average Bonchev–Trinajstić information content (AvgIpc) is 1.66. The predicted octanol–water partition coefficient (Wildman–Crippen LogP) is 25.8. The quantitative estimate of drug-likeness (QED) is 0.00962. The van der Waals surface area contributed by atoms with Crippen LogP contribution in [0.2, 0.25) is 0 Å². The summed E-state index contributed by atoms with van der Waals surface area (Å²) in [6.45, 7) is 17.8. The van der Waals surface area contributed by atoms with E-state index in [1.165, 1.54) is 176 Å². The van der Waals surface area contributed by atoms with Gasteiger partial charge in [-0.05, 0) is 196 Å². The monoisotopic (exact) mass is 2250 g/mol. The third-order valence-corrected chi connectivity index (χ3v) is 34.3. The number of carbonyl (C=O) groups is 3. The average molecular weight is 2260 g/mol. The van der Waals surface area contributed by atoms with Crippen molar-refractivity contribution in [3.8, 4) is 22.6 Å². The number of carboxylic acid groups (broad SMARTS) is 2. The fraction of sp³-hybridized carbons (Fsp3) is 0.587. The van der Waals surface area contributed by atoms with Gasteiger partial charge in [0.15, 0.2) is 16.5 Å². The molecule has 10 N–H and O–H groups in total. The molecule has 23 nitrogen and oxygen atoms in total. The molecule has 5 aliphatic rings. The van der Waals surface area contributed by atoms with Crippen molar-refractivity contribution < 1.29 is 101 Å². The molecule has 1 aromatic heterocycles. The zero-order chi connectivity index (χ0) is 100. The molecule has 0 amide bonds. The Morgan fingerprint density at radius 2 is 0.833 bits per heavy atom. The summed E-state index contributed by atoms with van der Waals surface area (Å²) in [5.74, 6) is -0.398. The van der Waals surface area contributed by atoms with Crippen molar-refractivity contribution in [2.24, 2.45) is 11.8 Å². The minimum Gasteiger partial charge on any atom is -0.491 e. The Morgan fingerprint density at radius 3 is 1.27 bits per heavy atom. The summed E-state index contributed by atoms with van der Waals surface area (Å²) in [7, 11) is -13.1. The number of halogens is 7. The number of β-amino-alcohol motifs (C(OH)–C–C–N with tert-alkyl or cyclic N) is 2. The Morgan fingerprint density at radius 1 is 0.442 bits per heavy atom. The number of thiophene rings is 1. The highest BCUT2D eigenvalue weighted by Gasteiger charge is 2.51. The van der Waals surface area contributed by atoms with Crippen LogP contribution < -0.4 is 9.47 Å². The van der Waals surface area contributed by atoms with Gasteiger partial charge in [0.2, 0.25) is 0 Å². The molecule has 5 fully saturated rings. The van der Waals surface area contributed by atoms with Gasteiger partial charge in [0.1, 0.15) is 23.0 Å². The van der Waals surface area contributed by atoms with E-state index < -0.39 is 62.1 Å². The molecule has 0 saturated carbocycles. The summed E-state index contributed by atoms with van der Waals surface area (Å²) in [6.07, 6.45) is 33.4. The topological polar surface area (TPSA) is 339 Å². The van der Waals surface area contributed by atoms with Gasteiger partial charge >= 0.3 is 40.9 Å². The lowest BCUT2D eigenvalue weighted by Gasteiger charge is -2.24. The number of ketones is 1. The molecule has 0 radical (unpaired) electrons. The Balaban J connectivity index is 0.000000212. The molecule has 138 heavy (non-hydrogen) atoms. The van der Waals surface area contributed by atoms with E-state index in [1.54, 1.807) is 48.5 Å². The summed E-state index contributed by atoms with van der Waals surface area (Å²) >= 11 is 15.3. The van der Waals surface area contributed by atoms with Crippen LogP contribution in [0.15, 0.2) is 151 Å². The Kier molecular flexibility index (Phi) is 51.7. The maximum Gasteiger partial charge on any atom is 0.426 e. The van der Waals surface area contributed by atoms with Crippen molar-refractivity contribution in [1.82, 2.24) is 24.5 Å². The number of aliphatic carboxylic acids is 2. The zero-order valence-electron chi connectivity index (χ0n) is 80.9. The fourth-order valence-corrected chi connectivity index (χ4v) is 24.6. The van der Waals surface area contributed by atoms with Gasteiger partial charge in [0.05, 0.1) is 33.0 Å². The molecule has 5 saturated heterocycles. The number of hydrogen-bond donors (Lipinski definition) is 10. The molecule has 34 heteroatoms. The van der Waals surface area contributed by atoms with Crippen LogP contribution in [0.1, 0.15) is 292 Å². The van der Waals surface area contributed by atoms with Gasteiger partial charge in [0.25, 0.3) is 0 Å². The van der Waals surface area contributed by atoms with Crippen LogP contribution >= 0.6 is 97.8 Å². The SMILES string of the molecule is CCCCCCCCC(=O)c1ccc(CN2CCC(O)(P(=O)(O)O)C2)cc1.CCCCCCCCCc1c(Br)cc(CN2CCC(P(=O)(O)O)C2)cc1Br.CCCCCCCCCc1ccc(CN2CCC(C(=O)O)C2)cc1.CCCCCCCCOc1c(Br)cc(CN2CCC(O)(P(=O)(O)O)C2)cc1Br.O=C(O)C1CCN(Cc2ccc(OCc3cc(-c4ccccc4)c(C(F)(F)F)s3)cc2)C1. The van der Waals surface area contributed by atoms with Crippen LogP contribution in [-0.4, -0.2) is 180 Å². The van der Waals surface area contributed by atoms with Crippen molar-refractivity contribution in [3.05, 3.63) is 206 Å². The second-order valence-electron chi connectivity index (χ2n) is 37.9. The van der Waals surface area contributed by atoms with Crippen molar-refractivity contribution in [3.63, 3.8) is 0 Å². The van der Waals surface area contributed by atoms with E-state index in [-0.39, 0.29) is 55.7 Å². The number of unbranched alkanes of at least 4 members (excludes halogenated alkanes) is 22. The second-order valence-corrected chi connectivity index (χ2v) is 48.2. The third-order valence-electron chi connectivity index (χ3n) is 26.3. The smallest absolute Gasteiger partial charge is 0.426 e. The van der Waals surface area contributed by atoms with Crippen molar-refractivity contribution in [1.29, 1.82) is 0 Å².